The van der Waals surface area contributed by atoms with Gasteiger partial charge < -0.3 is 0 Å². The van der Waals surface area contributed by atoms with Crippen molar-refractivity contribution < 1.29 is 0 Å². The second kappa shape index (κ2) is 5.41. The van der Waals surface area contributed by atoms with Crippen molar-refractivity contribution in [3.05, 3.63) is 21.9 Å². The Kier molecular flexibility index (Phi) is 4.83. The van der Waals surface area contributed by atoms with E-state index in [4.69, 9.17) is 0 Å². The number of allylic oxidation sites excluding steroid dienone is 4. The number of rotatable bonds is 4. The molecule has 0 aromatic carbocycles. The maximum Gasteiger partial charge on any atom is 0.103 e. The third-order valence-corrected chi connectivity index (χ3v) is 17.5. The van der Waals surface area contributed by atoms with Crippen LogP contribution in [0.15, 0.2) is 21.9 Å². The third kappa shape index (κ3) is 2.47. The Morgan fingerprint density at radius 2 is 1.47 bits per heavy atom. The summed E-state index contributed by atoms with van der Waals surface area (Å²) in [6.45, 7) is 19.5. The summed E-state index contributed by atoms with van der Waals surface area (Å²) in [5, 5.41) is 1.86. The summed E-state index contributed by atoms with van der Waals surface area (Å²) in [6, 6.07) is 0. The Morgan fingerprint density at radius 3 is 1.76 bits per heavy atom. The minimum Gasteiger partial charge on any atom is -0.114 e. The van der Waals surface area contributed by atoms with E-state index in [0.717, 1.165) is 5.92 Å². The number of hydrogen-bond acceptors (Lipinski definition) is 0. The van der Waals surface area contributed by atoms with E-state index in [-0.39, 0.29) is 7.47 Å². The average molecular weight is 268 g/mol. The molecule has 1 aliphatic rings. The van der Waals surface area contributed by atoms with Crippen LogP contribution >= 0.6 is 7.47 Å². The second-order valence-electron chi connectivity index (χ2n) is 5.80. The minimum absolute atomic E-state index is 0.252. The highest BCUT2D eigenvalue weighted by atomic mass is 31.4. The molecule has 98 valence electrons. The van der Waals surface area contributed by atoms with E-state index in [1.54, 1.807) is 16.7 Å². The van der Waals surface area contributed by atoms with Crippen molar-refractivity contribution in [2.24, 2.45) is 5.92 Å². The third-order valence-electron chi connectivity index (χ3n) is 4.85. The standard InChI is InChI=1S/C15H29PSi/c1-9-16(10-2)17(7,8)15-13(5)11(3)12(4)14(15)6/h13H,9-10H2,1-8H3. The van der Waals surface area contributed by atoms with Crippen molar-refractivity contribution in [2.45, 2.75) is 54.6 Å². The summed E-state index contributed by atoms with van der Waals surface area (Å²) in [6.07, 6.45) is 2.82. The zero-order valence-corrected chi connectivity index (χ0v) is 14.8. The molecule has 0 amide bonds. The Morgan fingerprint density at radius 1 is 1.00 bits per heavy atom. The van der Waals surface area contributed by atoms with Crippen molar-refractivity contribution in [1.82, 2.24) is 0 Å². The second-order valence-corrected chi connectivity index (χ2v) is 17.1. The van der Waals surface area contributed by atoms with Crippen molar-refractivity contribution in [2.75, 3.05) is 12.3 Å². The summed E-state index contributed by atoms with van der Waals surface area (Å²) in [7, 11) is -0.954. The predicted molar refractivity (Wildman–Crippen MR) is 85.7 cm³/mol. The van der Waals surface area contributed by atoms with E-state index in [1.165, 1.54) is 12.3 Å². The molecule has 0 N–H and O–H groups in total. The van der Waals surface area contributed by atoms with E-state index in [1.807, 2.05) is 5.20 Å². The first-order chi connectivity index (χ1) is 7.78. The van der Waals surface area contributed by atoms with Gasteiger partial charge in [-0.1, -0.05) is 50.2 Å². The van der Waals surface area contributed by atoms with Crippen LogP contribution in [0.2, 0.25) is 13.1 Å². The summed E-state index contributed by atoms with van der Waals surface area (Å²) < 4.78 is 0. The monoisotopic (exact) mass is 268 g/mol. The summed E-state index contributed by atoms with van der Waals surface area (Å²) in [5.74, 6) is 0.722. The Labute approximate surface area is 110 Å². The fourth-order valence-corrected chi connectivity index (χ4v) is 15.1. The van der Waals surface area contributed by atoms with Crippen LogP contribution in [0.4, 0.5) is 0 Å². The van der Waals surface area contributed by atoms with Gasteiger partial charge in [-0.2, -0.15) is 0 Å². The molecule has 0 heterocycles. The molecule has 0 saturated carbocycles. The molecule has 0 nitrogen and oxygen atoms in total. The Hall–Kier alpha value is 0.127. The maximum atomic E-state index is 2.62. The zero-order chi connectivity index (χ0) is 13.4. The lowest BCUT2D eigenvalue weighted by molar-refractivity contribution is 0.850. The van der Waals surface area contributed by atoms with Gasteiger partial charge in [-0.25, -0.2) is 0 Å². The van der Waals surface area contributed by atoms with Crippen LogP contribution in [0.1, 0.15) is 41.5 Å². The lowest BCUT2D eigenvalue weighted by Gasteiger charge is -2.36. The summed E-state index contributed by atoms with van der Waals surface area (Å²) in [4.78, 5) is 0. The van der Waals surface area contributed by atoms with E-state index >= 15 is 0 Å². The zero-order valence-electron chi connectivity index (χ0n) is 12.9. The summed E-state index contributed by atoms with van der Waals surface area (Å²) >= 11 is 0. The van der Waals surface area contributed by atoms with Gasteiger partial charge in [-0.3, -0.25) is 0 Å². The molecule has 1 atom stereocenters. The molecule has 1 aliphatic carbocycles. The van der Waals surface area contributed by atoms with Crippen LogP contribution in [0.25, 0.3) is 0 Å². The van der Waals surface area contributed by atoms with Gasteiger partial charge in [0.1, 0.15) is 7.74 Å². The minimum atomic E-state index is -1.21. The molecule has 0 aliphatic heterocycles. The van der Waals surface area contributed by atoms with E-state index in [2.05, 4.69) is 54.6 Å². The molecular weight excluding hydrogens is 239 g/mol. The highest BCUT2D eigenvalue weighted by Gasteiger charge is 2.39. The normalized spacial score (nSPS) is 22.1. The average Bonchev–Trinajstić information content (AvgIpc) is 2.45. The first-order valence-electron chi connectivity index (χ1n) is 6.92. The van der Waals surface area contributed by atoms with Crippen LogP contribution < -0.4 is 0 Å². The van der Waals surface area contributed by atoms with E-state index < -0.39 is 7.74 Å². The van der Waals surface area contributed by atoms with Crippen molar-refractivity contribution in [1.29, 1.82) is 0 Å². The van der Waals surface area contributed by atoms with Gasteiger partial charge in [0.2, 0.25) is 0 Å². The molecule has 1 unspecified atom stereocenters. The molecule has 17 heavy (non-hydrogen) atoms. The van der Waals surface area contributed by atoms with Gasteiger partial charge in [-0.05, 0) is 44.6 Å². The molecule has 0 saturated heterocycles. The Bertz CT molecular complexity index is 359. The molecule has 0 spiro atoms. The van der Waals surface area contributed by atoms with Gasteiger partial charge in [0.25, 0.3) is 0 Å². The fourth-order valence-electron chi connectivity index (χ4n) is 3.54. The van der Waals surface area contributed by atoms with Crippen molar-refractivity contribution >= 4 is 15.2 Å². The lowest BCUT2D eigenvalue weighted by Crippen LogP contribution is -2.32. The topological polar surface area (TPSA) is 0 Å². The largest absolute Gasteiger partial charge is 0.114 e. The van der Waals surface area contributed by atoms with Crippen LogP contribution in [0.5, 0.6) is 0 Å². The van der Waals surface area contributed by atoms with Crippen LogP contribution in [0.3, 0.4) is 0 Å². The molecule has 0 bridgehead atoms. The molecule has 2 heteroatoms. The predicted octanol–water partition coefficient (Wildman–Crippen LogP) is 5.56. The quantitative estimate of drug-likeness (QED) is 0.463. The van der Waals surface area contributed by atoms with Crippen LogP contribution in [0, 0.1) is 5.92 Å². The molecule has 0 fully saturated rings. The fraction of sp³-hybridized carbons (Fsp3) is 0.733. The highest BCUT2D eigenvalue weighted by Crippen LogP contribution is 2.55. The number of hydrogen-bond donors (Lipinski definition) is 0. The van der Waals surface area contributed by atoms with Crippen molar-refractivity contribution in [3.63, 3.8) is 0 Å². The summed E-state index contributed by atoms with van der Waals surface area (Å²) in [5.41, 5.74) is 4.84. The molecule has 0 aromatic heterocycles. The molecule has 1 rings (SSSR count). The van der Waals surface area contributed by atoms with Gasteiger partial charge >= 0.3 is 0 Å². The van der Waals surface area contributed by atoms with Gasteiger partial charge in [0.05, 0.1) is 0 Å². The lowest BCUT2D eigenvalue weighted by atomic mass is 10.1. The molecular formula is C15H29PSi. The van der Waals surface area contributed by atoms with Gasteiger partial charge in [0.15, 0.2) is 0 Å². The van der Waals surface area contributed by atoms with E-state index in [0.29, 0.717) is 0 Å². The van der Waals surface area contributed by atoms with Gasteiger partial charge in [0, 0.05) is 0 Å². The maximum absolute atomic E-state index is 2.62. The van der Waals surface area contributed by atoms with Crippen LogP contribution in [-0.2, 0) is 0 Å². The molecule has 0 aromatic rings. The van der Waals surface area contributed by atoms with E-state index in [9.17, 15) is 0 Å². The highest BCUT2D eigenvalue weighted by molar-refractivity contribution is 7.95. The van der Waals surface area contributed by atoms with Gasteiger partial charge in [-0.15, -0.1) is 7.47 Å². The Balaban J connectivity index is 3.18. The molecule has 0 radical (unpaired) electrons. The first kappa shape index (κ1) is 15.2. The van der Waals surface area contributed by atoms with Crippen LogP contribution in [-0.4, -0.2) is 20.1 Å². The smallest absolute Gasteiger partial charge is 0.103 e. The SMILES string of the molecule is CCP(CC)[Si](C)(C)C1=C(C)C(C)=C(C)C1C. The first-order valence-corrected chi connectivity index (χ1v) is 12.5. The van der Waals surface area contributed by atoms with Crippen molar-refractivity contribution in [3.8, 4) is 0 Å².